The maximum absolute atomic E-state index is 12.0. The monoisotopic (exact) mass is 334 g/mol. The van der Waals surface area contributed by atoms with Crippen molar-refractivity contribution in [2.75, 3.05) is 26.9 Å². The number of esters is 1. The third-order valence-electron chi connectivity index (χ3n) is 3.19. The molecule has 0 saturated heterocycles. The van der Waals surface area contributed by atoms with Crippen molar-refractivity contribution in [1.29, 1.82) is 0 Å². The SMILES string of the molecule is CCC(C)OC(=O)OCC(CC)OC(C)(C)C(=O)OCCOC. The molecular weight excluding hydrogens is 304 g/mol. The first kappa shape index (κ1) is 21.7. The first-order valence-corrected chi connectivity index (χ1v) is 7.94. The first-order valence-electron chi connectivity index (χ1n) is 7.94. The van der Waals surface area contributed by atoms with Crippen LogP contribution in [0.5, 0.6) is 0 Å². The predicted octanol–water partition coefficient (Wildman–Crippen LogP) is 2.70. The summed E-state index contributed by atoms with van der Waals surface area (Å²) in [5.74, 6) is -0.491. The van der Waals surface area contributed by atoms with Crippen LogP contribution in [-0.2, 0) is 28.5 Å². The van der Waals surface area contributed by atoms with Crippen molar-refractivity contribution in [3.8, 4) is 0 Å². The van der Waals surface area contributed by atoms with Crippen LogP contribution in [0, 0.1) is 0 Å². The number of methoxy groups -OCH3 is 1. The van der Waals surface area contributed by atoms with Gasteiger partial charge in [-0.25, -0.2) is 9.59 Å². The van der Waals surface area contributed by atoms with Crippen molar-refractivity contribution < 1.29 is 33.3 Å². The topological polar surface area (TPSA) is 80.3 Å². The lowest BCUT2D eigenvalue weighted by atomic mass is 10.1. The van der Waals surface area contributed by atoms with Crippen LogP contribution < -0.4 is 0 Å². The molecule has 0 aromatic rings. The molecule has 0 saturated carbocycles. The maximum atomic E-state index is 12.0. The molecule has 0 heterocycles. The van der Waals surface area contributed by atoms with E-state index in [4.69, 9.17) is 23.7 Å². The average Bonchev–Trinajstić information content (AvgIpc) is 2.51. The Morgan fingerprint density at radius 1 is 1.04 bits per heavy atom. The molecule has 0 rings (SSSR count). The van der Waals surface area contributed by atoms with Gasteiger partial charge in [-0.3, -0.25) is 0 Å². The fraction of sp³-hybridized carbons (Fsp3) is 0.875. The van der Waals surface area contributed by atoms with Crippen molar-refractivity contribution >= 4 is 12.1 Å². The minimum Gasteiger partial charge on any atom is -0.461 e. The quantitative estimate of drug-likeness (QED) is 0.424. The normalized spacial score (nSPS) is 14.0. The summed E-state index contributed by atoms with van der Waals surface area (Å²) in [6.45, 7) is 9.30. The summed E-state index contributed by atoms with van der Waals surface area (Å²) in [5.41, 5.74) is -1.14. The van der Waals surface area contributed by atoms with Crippen LogP contribution in [0.2, 0.25) is 0 Å². The van der Waals surface area contributed by atoms with E-state index in [1.165, 1.54) is 7.11 Å². The van der Waals surface area contributed by atoms with Gasteiger partial charge in [0, 0.05) is 7.11 Å². The van der Waals surface area contributed by atoms with Crippen molar-refractivity contribution in [2.45, 2.75) is 65.3 Å². The van der Waals surface area contributed by atoms with E-state index >= 15 is 0 Å². The second kappa shape index (κ2) is 11.2. The van der Waals surface area contributed by atoms with Crippen LogP contribution in [0.1, 0.15) is 47.5 Å². The molecule has 0 spiro atoms. The zero-order valence-corrected chi connectivity index (χ0v) is 15.0. The third kappa shape index (κ3) is 9.40. The zero-order chi connectivity index (χ0) is 17.9. The van der Waals surface area contributed by atoms with Gasteiger partial charge in [0.05, 0.1) is 12.7 Å². The van der Waals surface area contributed by atoms with Crippen LogP contribution in [0.3, 0.4) is 0 Å². The molecule has 0 N–H and O–H groups in total. The highest BCUT2D eigenvalue weighted by Crippen LogP contribution is 2.17. The van der Waals surface area contributed by atoms with E-state index in [9.17, 15) is 9.59 Å². The van der Waals surface area contributed by atoms with Gasteiger partial charge < -0.3 is 23.7 Å². The second-order valence-corrected chi connectivity index (χ2v) is 5.68. The van der Waals surface area contributed by atoms with Gasteiger partial charge in [-0.2, -0.15) is 0 Å². The Labute approximate surface area is 138 Å². The average molecular weight is 334 g/mol. The predicted molar refractivity (Wildman–Crippen MR) is 84.3 cm³/mol. The Morgan fingerprint density at radius 3 is 2.22 bits per heavy atom. The molecule has 0 radical (unpaired) electrons. The fourth-order valence-electron chi connectivity index (χ4n) is 1.53. The van der Waals surface area contributed by atoms with Crippen LogP contribution in [0.4, 0.5) is 4.79 Å². The van der Waals surface area contributed by atoms with Gasteiger partial charge in [-0.15, -0.1) is 0 Å². The van der Waals surface area contributed by atoms with Crippen molar-refractivity contribution in [1.82, 2.24) is 0 Å². The van der Waals surface area contributed by atoms with E-state index in [0.717, 1.165) is 0 Å². The molecule has 7 heteroatoms. The molecule has 0 fully saturated rings. The molecule has 0 amide bonds. The van der Waals surface area contributed by atoms with E-state index in [1.54, 1.807) is 20.8 Å². The smallest absolute Gasteiger partial charge is 0.461 e. The molecule has 2 unspecified atom stereocenters. The summed E-state index contributed by atoms with van der Waals surface area (Å²) in [7, 11) is 1.53. The number of carbonyl (C=O) groups excluding carboxylic acids is 2. The molecule has 23 heavy (non-hydrogen) atoms. The first-order chi connectivity index (χ1) is 10.8. The van der Waals surface area contributed by atoms with E-state index in [0.29, 0.717) is 19.4 Å². The molecule has 0 bridgehead atoms. The second-order valence-electron chi connectivity index (χ2n) is 5.68. The molecular formula is C16H30O7. The molecule has 7 nitrogen and oxygen atoms in total. The van der Waals surface area contributed by atoms with Gasteiger partial charge in [-0.05, 0) is 33.6 Å². The largest absolute Gasteiger partial charge is 0.508 e. The Bertz CT molecular complexity index is 354. The van der Waals surface area contributed by atoms with Crippen LogP contribution in [0.15, 0.2) is 0 Å². The maximum Gasteiger partial charge on any atom is 0.508 e. The molecule has 2 atom stereocenters. The number of rotatable bonds is 11. The van der Waals surface area contributed by atoms with Gasteiger partial charge >= 0.3 is 12.1 Å². The lowest BCUT2D eigenvalue weighted by molar-refractivity contribution is -0.178. The molecule has 0 aliphatic carbocycles. The summed E-state index contributed by atoms with van der Waals surface area (Å²) in [4.78, 5) is 23.5. The van der Waals surface area contributed by atoms with E-state index in [1.807, 2.05) is 13.8 Å². The molecule has 0 aromatic heterocycles. The van der Waals surface area contributed by atoms with Crippen molar-refractivity contribution in [2.24, 2.45) is 0 Å². The highest BCUT2D eigenvalue weighted by molar-refractivity contribution is 5.78. The van der Waals surface area contributed by atoms with Gasteiger partial charge in [0.1, 0.15) is 19.3 Å². The van der Waals surface area contributed by atoms with Gasteiger partial charge in [0.2, 0.25) is 0 Å². The van der Waals surface area contributed by atoms with Crippen LogP contribution in [-0.4, -0.2) is 56.9 Å². The lowest BCUT2D eigenvalue weighted by Gasteiger charge is -2.28. The minimum absolute atomic E-state index is 0.0144. The summed E-state index contributed by atoms with van der Waals surface area (Å²) in [6.07, 6.45) is -0.0730. The number of ether oxygens (including phenoxy) is 5. The van der Waals surface area contributed by atoms with E-state index < -0.39 is 23.8 Å². The van der Waals surface area contributed by atoms with E-state index in [2.05, 4.69) is 0 Å². The van der Waals surface area contributed by atoms with Crippen LogP contribution >= 0.6 is 0 Å². The fourth-order valence-corrected chi connectivity index (χ4v) is 1.53. The Morgan fingerprint density at radius 2 is 1.70 bits per heavy atom. The Balaban J connectivity index is 4.33. The molecule has 0 aromatic carbocycles. The summed E-state index contributed by atoms with van der Waals surface area (Å²) in [6, 6.07) is 0. The molecule has 136 valence electrons. The van der Waals surface area contributed by atoms with Gasteiger partial charge in [0.15, 0.2) is 5.60 Å². The highest BCUT2D eigenvalue weighted by Gasteiger charge is 2.33. The van der Waals surface area contributed by atoms with E-state index in [-0.39, 0.29) is 19.3 Å². The zero-order valence-electron chi connectivity index (χ0n) is 15.0. The van der Waals surface area contributed by atoms with Crippen LogP contribution in [0.25, 0.3) is 0 Å². The van der Waals surface area contributed by atoms with Crippen molar-refractivity contribution in [3.63, 3.8) is 0 Å². The van der Waals surface area contributed by atoms with Crippen molar-refractivity contribution in [3.05, 3.63) is 0 Å². The standard InChI is InChI=1S/C16H30O7/c1-7-12(3)22-15(18)21-11-13(8-2)23-16(4,5)14(17)20-10-9-19-6/h12-13H,7-11H2,1-6H3. The Hall–Kier alpha value is -1.34. The minimum atomic E-state index is -1.14. The summed E-state index contributed by atoms with van der Waals surface area (Å²) < 4.78 is 25.6. The number of carbonyl (C=O) groups is 2. The third-order valence-corrected chi connectivity index (χ3v) is 3.19. The summed E-state index contributed by atoms with van der Waals surface area (Å²) in [5, 5.41) is 0. The Kier molecular flexibility index (Phi) is 10.6. The number of hydrogen-bond acceptors (Lipinski definition) is 7. The number of hydrogen-bond donors (Lipinski definition) is 0. The molecule has 0 aliphatic heterocycles. The summed E-state index contributed by atoms with van der Waals surface area (Å²) >= 11 is 0. The van der Waals surface area contributed by atoms with Gasteiger partial charge in [-0.1, -0.05) is 13.8 Å². The molecule has 0 aliphatic rings. The van der Waals surface area contributed by atoms with Gasteiger partial charge in [0.25, 0.3) is 0 Å². The lowest BCUT2D eigenvalue weighted by Crippen LogP contribution is -2.42. The highest BCUT2D eigenvalue weighted by atomic mass is 16.7.